The fraction of sp³-hybridized carbons (Fsp3) is 0.476. The van der Waals surface area contributed by atoms with Gasteiger partial charge in [-0.15, -0.1) is 0 Å². The Bertz CT molecular complexity index is 692. The summed E-state index contributed by atoms with van der Waals surface area (Å²) < 4.78 is 11.3. The van der Waals surface area contributed by atoms with Crippen LogP contribution in [-0.4, -0.2) is 43.2 Å². The van der Waals surface area contributed by atoms with E-state index in [0.29, 0.717) is 0 Å². The number of nitrogens with one attached hydrogen (secondary N) is 2. The van der Waals surface area contributed by atoms with Crippen LogP contribution in [-0.2, 0) is 6.42 Å². The number of ether oxygens (including phenoxy) is 1. The monoisotopic (exact) mass is 371 g/mol. The molecule has 1 aromatic heterocycles. The molecule has 0 radical (unpaired) electrons. The fourth-order valence-corrected chi connectivity index (χ4v) is 3.19. The number of carbonyl (C=O) groups excluding carboxylic acids is 1. The molecule has 1 aromatic carbocycles. The number of urea groups is 1. The van der Waals surface area contributed by atoms with Gasteiger partial charge in [0.25, 0.3) is 0 Å². The van der Waals surface area contributed by atoms with Gasteiger partial charge in [0.05, 0.1) is 6.26 Å². The average molecular weight is 371 g/mol. The number of carbonyl (C=O) groups is 1. The summed E-state index contributed by atoms with van der Waals surface area (Å²) in [7, 11) is 2.14. The molecule has 0 aliphatic carbocycles. The highest BCUT2D eigenvalue weighted by Gasteiger charge is 2.18. The number of piperidine rings is 1. The summed E-state index contributed by atoms with van der Waals surface area (Å²) in [4.78, 5) is 14.5. The van der Waals surface area contributed by atoms with Crippen molar-refractivity contribution < 1.29 is 13.9 Å². The molecular weight excluding hydrogens is 342 g/mol. The van der Waals surface area contributed by atoms with Crippen molar-refractivity contribution in [2.24, 2.45) is 0 Å². The smallest absolute Gasteiger partial charge is 0.319 e. The second kappa shape index (κ2) is 9.46. The lowest BCUT2D eigenvalue weighted by molar-refractivity contribution is 0.114. The summed E-state index contributed by atoms with van der Waals surface area (Å²) in [6.07, 6.45) is 5.67. The second-order valence-corrected chi connectivity index (χ2v) is 7.26. The minimum atomic E-state index is -0.203. The predicted octanol–water partition coefficient (Wildman–Crippen LogP) is 3.90. The Kier molecular flexibility index (Phi) is 6.76. The zero-order valence-corrected chi connectivity index (χ0v) is 16.1. The fourth-order valence-electron chi connectivity index (χ4n) is 3.19. The van der Waals surface area contributed by atoms with Crippen LogP contribution < -0.4 is 15.4 Å². The third-order valence-electron chi connectivity index (χ3n) is 4.86. The van der Waals surface area contributed by atoms with Crippen LogP contribution in [0.15, 0.2) is 47.1 Å². The number of benzene rings is 1. The van der Waals surface area contributed by atoms with E-state index in [1.807, 2.05) is 43.3 Å². The third kappa shape index (κ3) is 6.32. The van der Waals surface area contributed by atoms with Crippen LogP contribution in [0.1, 0.15) is 31.9 Å². The van der Waals surface area contributed by atoms with Gasteiger partial charge in [-0.3, -0.25) is 0 Å². The highest BCUT2D eigenvalue weighted by molar-refractivity contribution is 5.89. The van der Waals surface area contributed by atoms with Gasteiger partial charge < -0.3 is 24.7 Å². The molecule has 27 heavy (non-hydrogen) atoms. The molecule has 1 aliphatic heterocycles. The third-order valence-corrected chi connectivity index (χ3v) is 4.86. The first-order valence-corrected chi connectivity index (χ1v) is 9.63. The summed E-state index contributed by atoms with van der Waals surface area (Å²) in [6.45, 7) is 4.13. The van der Waals surface area contributed by atoms with Crippen LogP contribution >= 0.6 is 0 Å². The highest BCUT2D eigenvalue weighted by Crippen LogP contribution is 2.20. The van der Waals surface area contributed by atoms with Crippen LogP contribution in [0.4, 0.5) is 10.5 Å². The number of rotatable bonds is 7. The maximum Gasteiger partial charge on any atom is 0.319 e. The van der Waals surface area contributed by atoms with Crippen molar-refractivity contribution in [3.63, 3.8) is 0 Å². The van der Waals surface area contributed by atoms with Gasteiger partial charge in [0, 0.05) is 31.2 Å². The van der Waals surface area contributed by atoms with E-state index in [4.69, 9.17) is 9.15 Å². The summed E-state index contributed by atoms with van der Waals surface area (Å²) in [6, 6.07) is 11.2. The van der Waals surface area contributed by atoms with Crippen molar-refractivity contribution in [3.05, 3.63) is 48.4 Å². The predicted molar refractivity (Wildman–Crippen MR) is 106 cm³/mol. The molecule has 2 N–H and O–H groups in total. The SMILES string of the molecule is CC(CCc1ccco1)NC(=O)Nc1ccc(OC2CCN(C)CC2)cc1. The number of anilines is 1. The van der Waals surface area contributed by atoms with Gasteiger partial charge in [-0.1, -0.05) is 0 Å². The molecule has 1 aliphatic rings. The lowest BCUT2D eigenvalue weighted by Crippen LogP contribution is -2.36. The molecule has 0 spiro atoms. The quantitative estimate of drug-likeness (QED) is 0.775. The Morgan fingerprint density at radius 3 is 2.67 bits per heavy atom. The number of furan rings is 1. The van der Waals surface area contributed by atoms with Crippen molar-refractivity contribution in [2.45, 2.75) is 44.8 Å². The van der Waals surface area contributed by atoms with E-state index in [-0.39, 0.29) is 18.2 Å². The maximum atomic E-state index is 12.1. The highest BCUT2D eigenvalue weighted by atomic mass is 16.5. The van der Waals surface area contributed by atoms with Crippen LogP contribution in [0, 0.1) is 0 Å². The van der Waals surface area contributed by atoms with E-state index in [0.717, 1.165) is 56.0 Å². The van der Waals surface area contributed by atoms with Gasteiger partial charge in [0.2, 0.25) is 0 Å². The molecule has 1 atom stereocenters. The molecule has 2 amide bonds. The zero-order chi connectivity index (χ0) is 19.1. The second-order valence-electron chi connectivity index (χ2n) is 7.26. The number of hydrogen-bond donors (Lipinski definition) is 2. The first-order chi connectivity index (χ1) is 13.1. The number of aryl methyl sites for hydroxylation is 1. The van der Waals surface area contributed by atoms with E-state index in [1.165, 1.54) is 0 Å². The van der Waals surface area contributed by atoms with Crippen LogP contribution in [0.25, 0.3) is 0 Å². The van der Waals surface area contributed by atoms with Crippen molar-refractivity contribution in [1.29, 1.82) is 0 Å². The minimum Gasteiger partial charge on any atom is -0.490 e. The van der Waals surface area contributed by atoms with Crippen molar-refractivity contribution in [3.8, 4) is 5.75 Å². The van der Waals surface area contributed by atoms with Crippen molar-refractivity contribution in [1.82, 2.24) is 10.2 Å². The van der Waals surface area contributed by atoms with Gasteiger partial charge in [-0.05, 0) is 69.6 Å². The van der Waals surface area contributed by atoms with Gasteiger partial charge in [-0.25, -0.2) is 4.79 Å². The van der Waals surface area contributed by atoms with E-state index in [9.17, 15) is 4.79 Å². The van der Waals surface area contributed by atoms with E-state index in [1.54, 1.807) is 6.26 Å². The lowest BCUT2D eigenvalue weighted by Gasteiger charge is -2.29. The first-order valence-electron chi connectivity index (χ1n) is 9.63. The molecule has 1 saturated heterocycles. The van der Waals surface area contributed by atoms with E-state index < -0.39 is 0 Å². The lowest BCUT2D eigenvalue weighted by atomic mass is 10.1. The molecule has 1 unspecified atom stereocenters. The molecule has 0 saturated carbocycles. The number of hydrogen-bond acceptors (Lipinski definition) is 4. The first kappa shape index (κ1) is 19.3. The Morgan fingerprint density at radius 2 is 2.00 bits per heavy atom. The van der Waals surface area contributed by atoms with E-state index >= 15 is 0 Å². The van der Waals surface area contributed by atoms with Crippen molar-refractivity contribution >= 4 is 11.7 Å². The van der Waals surface area contributed by atoms with Gasteiger partial charge in [0.1, 0.15) is 17.6 Å². The summed E-state index contributed by atoms with van der Waals surface area (Å²) >= 11 is 0. The van der Waals surface area contributed by atoms with Gasteiger partial charge in [-0.2, -0.15) is 0 Å². The summed E-state index contributed by atoms with van der Waals surface area (Å²) in [5.41, 5.74) is 0.751. The normalized spacial score (nSPS) is 16.7. The van der Waals surface area contributed by atoms with Gasteiger partial charge >= 0.3 is 6.03 Å². The summed E-state index contributed by atoms with van der Waals surface area (Å²) in [5, 5.41) is 5.81. The Labute approximate surface area is 160 Å². The molecule has 0 bridgehead atoms. The summed E-state index contributed by atoms with van der Waals surface area (Å²) in [5.74, 6) is 1.78. The van der Waals surface area contributed by atoms with Crippen molar-refractivity contribution in [2.75, 3.05) is 25.5 Å². The molecular formula is C21H29N3O3. The van der Waals surface area contributed by atoms with Gasteiger partial charge in [0.15, 0.2) is 0 Å². The van der Waals surface area contributed by atoms with E-state index in [2.05, 4.69) is 22.6 Å². The zero-order valence-electron chi connectivity index (χ0n) is 16.1. The average Bonchev–Trinajstić information content (AvgIpc) is 3.17. The largest absolute Gasteiger partial charge is 0.490 e. The maximum absolute atomic E-state index is 12.1. The number of amides is 2. The van der Waals surface area contributed by atoms with Crippen LogP contribution in [0.3, 0.4) is 0 Å². The van der Waals surface area contributed by atoms with Crippen LogP contribution in [0.5, 0.6) is 5.75 Å². The molecule has 1 fully saturated rings. The standard InChI is InChI=1S/C21H29N3O3/c1-16(5-8-18-4-3-15-26-18)22-21(25)23-17-6-9-19(10-7-17)27-20-11-13-24(2)14-12-20/h3-4,6-7,9-10,15-16,20H,5,8,11-14H2,1-2H3,(H2,22,23,25). The van der Waals surface area contributed by atoms with Crippen LogP contribution in [0.2, 0.25) is 0 Å². The molecule has 3 rings (SSSR count). The number of likely N-dealkylation sites (tertiary alicyclic amines) is 1. The molecule has 2 heterocycles. The Morgan fingerprint density at radius 1 is 1.26 bits per heavy atom. The molecule has 6 heteroatoms. The molecule has 2 aromatic rings. The Hall–Kier alpha value is -2.47. The number of nitrogens with zero attached hydrogens (tertiary/aromatic N) is 1. The Balaban J connectivity index is 1.40. The molecule has 146 valence electrons. The molecule has 6 nitrogen and oxygen atoms in total. The topological polar surface area (TPSA) is 66.7 Å². The minimum absolute atomic E-state index is 0.0575.